The number of unbranched alkanes of at least 4 members (excludes halogenated alkanes) is 31. The molecule has 27 atom stereocenters. The predicted octanol–water partition coefficient (Wildman–Crippen LogP) is 2.09. The number of hydrogen-bond donors (Lipinski definition) is 18. The molecule has 0 radical (unpaired) electrons. The van der Waals surface area contributed by atoms with E-state index in [9.17, 15) is 91.0 Å². The number of carbonyl (C=O) groups is 3. The van der Waals surface area contributed by atoms with Gasteiger partial charge in [-0.25, -0.2) is 0 Å². The van der Waals surface area contributed by atoms with E-state index < -0.39 is 217 Å². The van der Waals surface area contributed by atoms with Crippen LogP contribution < -0.4 is 16.0 Å². The average Bonchev–Trinajstić information content (AvgIpc) is 0.761. The number of aliphatic hydroxyl groups excluding tert-OH is 15. The first-order valence-corrected chi connectivity index (χ1v) is 40.5. The van der Waals surface area contributed by atoms with Crippen molar-refractivity contribution in [2.75, 3.05) is 39.6 Å². The van der Waals surface area contributed by atoms with E-state index in [2.05, 4.69) is 29.8 Å². The SMILES string of the molecule is CCCCCCCCCCCCC/C=C/[C@@H](O)[C@H](CO[C@@H]1OC(CO)[C@@H](O[C@@H]2OC(CO)[C@H](O[C@@H]3OC(CO)[C@H](O)[C@H](O)C3NC(C)=O)[C@H](O[C@H]3OC(CO)[C@H](O)[C@H](O[C@@H]4OC(CO)[C@@H](O)[C@H](O)C4NC(C)=O)C3O)C2O)[C@H](O)C1O)NC(=O)CCCCCCCCCCCCCCCCCCCCCCC. The molecule has 5 aliphatic heterocycles. The molecule has 10 unspecified atom stereocenters. The molecular formula is C76H139N3O28. The number of allylic oxidation sites excluding steroid dienone is 1. The van der Waals surface area contributed by atoms with Gasteiger partial charge in [-0.05, 0) is 19.3 Å². The summed E-state index contributed by atoms with van der Waals surface area (Å²) < 4.78 is 60.1. The largest absolute Gasteiger partial charge is 0.394 e. The Balaban J connectivity index is 1.27. The summed E-state index contributed by atoms with van der Waals surface area (Å²) in [6, 6.07) is -4.38. The first kappa shape index (κ1) is 94.7. The number of aliphatic hydroxyl groups is 15. The summed E-state index contributed by atoms with van der Waals surface area (Å²) in [6.45, 7) is 1.22. The summed E-state index contributed by atoms with van der Waals surface area (Å²) in [6.07, 6.45) is -2.63. The van der Waals surface area contributed by atoms with Gasteiger partial charge >= 0.3 is 0 Å². The number of rotatable bonds is 55. The van der Waals surface area contributed by atoms with E-state index in [1.54, 1.807) is 6.08 Å². The van der Waals surface area contributed by atoms with Gasteiger partial charge in [0, 0.05) is 20.3 Å². The summed E-state index contributed by atoms with van der Waals surface area (Å²) in [5.41, 5.74) is 0. The number of amides is 3. The maximum atomic E-state index is 13.6. The number of hydrogen-bond acceptors (Lipinski definition) is 28. The smallest absolute Gasteiger partial charge is 0.220 e. The van der Waals surface area contributed by atoms with Crippen molar-refractivity contribution < 1.29 is 138 Å². The monoisotopic (exact) mass is 1540 g/mol. The van der Waals surface area contributed by atoms with Crippen molar-refractivity contribution in [3.63, 3.8) is 0 Å². The summed E-state index contributed by atoms with van der Waals surface area (Å²) in [7, 11) is 0. The Morgan fingerprint density at radius 2 is 0.701 bits per heavy atom. The number of carbonyl (C=O) groups excluding carboxylic acids is 3. The lowest BCUT2D eigenvalue weighted by atomic mass is 9.94. The van der Waals surface area contributed by atoms with Crippen LogP contribution in [0.25, 0.3) is 0 Å². The van der Waals surface area contributed by atoms with E-state index in [1.807, 2.05) is 6.08 Å². The van der Waals surface area contributed by atoms with Crippen LogP contribution in [-0.4, -0.2) is 300 Å². The molecule has 0 aromatic carbocycles. The second-order valence-corrected chi connectivity index (χ2v) is 30.0. The zero-order valence-electron chi connectivity index (χ0n) is 64.0. The Morgan fingerprint density at radius 1 is 0.364 bits per heavy atom. The lowest BCUT2D eigenvalue weighted by Crippen LogP contribution is -2.70. The molecule has 0 bridgehead atoms. The van der Waals surface area contributed by atoms with Crippen LogP contribution in [0.5, 0.6) is 0 Å². The van der Waals surface area contributed by atoms with Gasteiger partial charge in [0.05, 0.1) is 51.8 Å². The fourth-order valence-electron chi connectivity index (χ4n) is 14.7. The van der Waals surface area contributed by atoms with Gasteiger partial charge in [-0.15, -0.1) is 0 Å². The highest BCUT2D eigenvalue weighted by Crippen LogP contribution is 2.38. The van der Waals surface area contributed by atoms with Crippen LogP contribution in [0.15, 0.2) is 12.2 Å². The Morgan fingerprint density at radius 3 is 1.12 bits per heavy atom. The topological polar surface area (TPSA) is 483 Å². The first-order chi connectivity index (χ1) is 51.6. The molecule has 5 fully saturated rings. The fraction of sp³-hybridized carbons (Fsp3) is 0.934. The van der Waals surface area contributed by atoms with E-state index in [0.29, 0.717) is 12.8 Å². The molecule has 0 aromatic heterocycles. The lowest BCUT2D eigenvalue weighted by molar-refractivity contribution is -0.400. The molecule has 18 N–H and O–H groups in total. The third-order valence-electron chi connectivity index (χ3n) is 21.1. The number of ether oxygens (including phenoxy) is 10. The molecule has 0 saturated carbocycles. The molecule has 31 heteroatoms. The minimum Gasteiger partial charge on any atom is -0.394 e. The average molecular weight is 1540 g/mol. The highest BCUT2D eigenvalue weighted by Gasteiger charge is 2.58. The van der Waals surface area contributed by atoms with Crippen LogP contribution in [0.1, 0.15) is 246 Å². The van der Waals surface area contributed by atoms with Gasteiger partial charge in [0.2, 0.25) is 17.7 Å². The van der Waals surface area contributed by atoms with Crippen molar-refractivity contribution in [2.45, 2.75) is 412 Å². The molecule has 3 amide bonds. The molecule has 626 valence electrons. The highest BCUT2D eigenvalue weighted by molar-refractivity contribution is 5.76. The van der Waals surface area contributed by atoms with Gasteiger partial charge in [-0.3, -0.25) is 14.4 Å². The standard InChI is InChI=1S/C76H139N3O28/c1-5-7-9-11-13-15-17-19-20-21-22-23-24-25-26-28-30-32-34-36-38-40-56(88)79-49(50(87)39-37-35-33-31-29-27-18-16-14-12-10-8-6-2)46-98-74-65(95)64(94)68(54(44-83)102-74)104-76-67(97)71(69(55(45-84)103-76)105-72-57(77-47(3)85)62(92)59(89)51(41-80)99-72)107-75-66(96)70(61(91)53(43-82)101-75)106-73-58(78-48(4)86)63(93)60(90)52(42-81)100-73/h37,39,49-55,57-76,80-84,87,89-97H,5-36,38,40-46H2,1-4H3,(H,77,85)(H,78,86)(H,79,88)/b39-37+/t49-,50+,51?,52?,53?,54?,55?,57?,58?,59-,60+,61-,62+,63+,64+,65?,66?,67?,68+,69-,70-,71+,72-,73-,74+,75+,76-/m0/s1. The summed E-state index contributed by atoms with van der Waals surface area (Å²) >= 11 is 0. The van der Waals surface area contributed by atoms with Gasteiger partial charge in [0.1, 0.15) is 122 Å². The maximum absolute atomic E-state index is 13.6. The maximum Gasteiger partial charge on any atom is 0.220 e. The van der Waals surface area contributed by atoms with Crippen LogP contribution in [0.4, 0.5) is 0 Å². The van der Waals surface area contributed by atoms with Gasteiger partial charge in [-0.2, -0.15) is 0 Å². The molecule has 107 heavy (non-hydrogen) atoms. The second kappa shape index (κ2) is 53.3. The molecule has 0 aromatic rings. The highest BCUT2D eigenvalue weighted by atomic mass is 16.8. The molecule has 5 saturated heterocycles. The minimum atomic E-state index is -2.31. The molecule has 31 nitrogen and oxygen atoms in total. The molecule has 0 spiro atoms. The second-order valence-electron chi connectivity index (χ2n) is 30.0. The van der Waals surface area contributed by atoms with Gasteiger partial charge < -0.3 is 140 Å². The quantitative estimate of drug-likeness (QED) is 0.0306. The Kier molecular flexibility index (Phi) is 47.2. The normalized spacial score (nSPS) is 34.0. The van der Waals surface area contributed by atoms with Crippen LogP contribution in [0, 0.1) is 0 Å². The van der Waals surface area contributed by atoms with Gasteiger partial charge in [0.15, 0.2) is 31.5 Å². The van der Waals surface area contributed by atoms with E-state index in [0.717, 1.165) is 65.2 Å². The Bertz CT molecular complexity index is 2380. The molecular weight excluding hydrogens is 1400 g/mol. The first-order valence-electron chi connectivity index (χ1n) is 40.5. The minimum absolute atomic E-state index is 0.170. The Hall–Kier alpha value is -2.85. The van der Waals surface area contributed by atoms with Gasteiger partial charge in [0.25, 0.3) is 0 Å². The van der Waals surface area contributed by atoms with E-state index in [-0.39, 0.29) is 12.3 Å². The number of nitrogens with one attached hydrogen (secondary N) is 3. The fourth-order valence-corrected chi connectivity index (χ4v) is 14.7. The molecule has 5 aliphatic rings. The Labute approximate surface area is 633 Å². The summed E-state index contributed by atoms with van der Waals surface area (Å²) in [5, 5.41) is 176. The van der Waals surface area contributed by atoms with Crippen molar-refractivity contribution >= 4 is 17.7 Å². The lowest BCUT2D eigenvalue weighted by Gasteiger charge is -2.51. The van der Waals surface area contributed by atoms with Crippen molar-refractivity contribution in [1.82, 2.24) is 16.0 Å². The van der Waals surface area contributed by atoms with Crippen LogP contribution in [-0.2, 0) is 61.8 Å². The predicted molar refractivity (Wildman–Crippen MR) is 389 cm³/mol. The van der Waals surface area contributed by atoms with Gasteiger partial charge in [-0.1, -0.05) is 219 Å². The van der Waals surface area contributed by atoms with Crippen molar-refractivity contribution in [2.24, 2.45) is 0 Å². The van der Waals surface area contributed by atoms with Crippen molar-refractivity contribution in [1.29, 1.82) is 0 Å². The van der Waals surface area contributed by atoms with E-state index in [4.69, 9.17) is 47.4 Å². The van der Waals surface area contributed by atoms with Crippen LogP contribution in [0.3, 0.4) is 0 Å². The van der Waals surface area contributed by atoms with Crippen LogP contribution in [0.2, 0.25) is 0 Å². The summed E-state index contributed by atoms with van der Waals surface area (Å²) in [5.74, 6) is -1.88. The third-order valence-corrected chi connectivity index (χ3v) is 21.1. The van der Waals surface area contributed by atoms with Crippen molar-refractivity contribution in [3.8, 4) is 0 Å². The van der Waals surface area contributed by atoms with Crippen molar-refractivity contribution in [3.05, 3.63) is 12.2 Å². The zero-order valence-corrected chi connectivity index (χ0v) is 64.0. The third kappa shape index (κ3) is 31.8. The molecule has 0 aliphatic carbocycles. The molecule has 5 rings (SSSR count). The summed E-state index contributed by atoms with van der Waals surface area (Å²) in [4.78, 5) is 38.5. The molecule has 5 heterocycles. The zero-order chi connectivity index (χ0) is 78.2. The van der Waals surface area contributed by atoms with E-state index in [1.165, 1.54) is 148 Å². The van der Waals surface area contributed by atoms with Crippen LogP contribution >= 0.6 is 0 Å². The van der Waals surface area contributed by atoms with E-state index >= 15 is 0 Å².